The molecule has 0 saturated carbocycles. The van der Waals surface area contributed by atoms with Crippen LogP contribution in [0.2, 0.25) is 0 Å². The van der Waals surface area contributed by atoms with E-state index in [-0.39, 0.29) is 6.42 Å². The minimum absolute atomic E-state index is 0.134. The smallest absolute Gasteiger partial charge is 0.312 e. The summed E-state index contributed by atoms with van der Waals surface area (Å²) in [6.07, 6.45) is 3.54. The third kappa shape index (κ3) is 8.63. The predicted octanol–water partition coefficient (Wildman–Crippen LogP) is 0.536. The lowest BCUT2D eigenvalue weighted by atomic mass is 10.1. The Bertz CT molecular complexity index is 339. The Morgan fingerprint density at radius 1 is 1.25 bits per heavy atom. The van der Waals surface area contributed by atoms with Crippen LogP contribution < -0.4 is 16.4 Å². The van der Waals surface area contributed by atoms with Gasteiger partial charge in [-0.1, -0.05) is 13.3 Å². The maximum Gasteiger partial charge on any atom is 0.312 e. The molecular weight excluding hydrogens is 282 g/mol. The van der Waals surface area contributed by atoms with E-state index >= 15 is 0 Å². The quantitative estimate of drug-likeness (QED) is 0.469. The van der Waals surface area contributed by atoms with Crippen molar-refractivity contribution in [2.75, 3.05) is 12.0 Å². The average molecular weight is 305 g/mol. The van der Waals surface area contributed by atoms with Crippen molar-refractivity contribution in [3.8, 4) is 0 Å². The van der Waals surface area contributed by atoms with Crippen molar-refractivity contribution in [2.45, 2.75) is 44.7 Å². The lowest BCUT2D eigenvalue weighted by molar-refractivity contribution is -0.137. The zero-order valence-corrected chi connectivity index (χ0v) is 12.7. The van der Waals surface area contributed by atoms with Crippen LogP contribution in [-0.2, 0) is 9.59 Å². The Morgan fingerprint density at radius 3 is 2.35 bits per heavy atom. The highest BCUT2D eigenvalue weighted by atomic mass is 32.2. The molecule has 0 spiro atoms. The Kier molecular flexibility index (Phi) is 9.61. The normalized spacial score (nSPS) is 13.3. The molecular formula is C12H23N3O4S. The van der Waals surface area contributed by atoms with Crippen LogP contribution in [0.1, 0.15) is 32.6 Å². The standard InChI is InChI=1S/C12H23N3O4S/c1-3-4-8(7-10(16)17)14-11(18)9(5-6-20-2)15-12(13)19/h8-9H,3-7H2,1-2H3,(H,14,18)(H,16,17)(H3,13,15,19). The molecule has 0 rings (SSSR count). The average Bonchev–Trinajstić information content (AvgIpc) is 2.33. The van der Waals surface area contributed by atoms with Gasteiger partial charge in [0.2, 0.25) is 5.91 Å². The van der Waals surface area contributed by atoms with E-state index < -0.39 is 30.0 Å². The fourth-order valence-electron chi connectivity index (χ4n) is 1.76. The zero-order valence-electron chi connectivity index (χ0n) is 11.8. The van der Waals surface area contributed by atoms with Gasteiger partial charge in [0.05, 0.1) is 6.42 Å². The van der Waals surface area contributed by atoms with Crippen LogP contribution in [-0.4, -0.2) is 47.1 Å². The van der Waals surface area contributed by atoms with Crippen molar-refractivity contribution in [2.24, 2.45) is 5.73 Å². The predicted molar refractivity (Wildman–Crippen MR) is 78.6 cm³/mol. The number of carboxylic acids is 1. The van der Waals surface area contributed by atoms with Crippen LogP contribution >= 0.6 is 11.8 Å². The van der Waals surface area contributed by atoms with E-state index in [4.69, 9.17) is 10.8 Å². The molecule has 0 aliphatic carbocycles. The van der Waals surface area contributed by atoms with E-state index in [1.54, 1.807) is 11.8 Å². The molecule has 2 atom stereocenters. The van der Waals surface area contributed by atoms with Crippen molar-refractivity contribution >= 4 is 29.7 Å². The highest BCUT2D eigenvalue weighted by Gasteiger charge is 2.23. The van der Waals surface area contributed by atoms with E-state index in [1.165, 1.54) is 0 Å². The summed E-state index contributed by atoms with van der Waals surface area (Å²) in [6, 6.07) is -1.93. The van der Waals surface area contributed by atoms with Crippen molar-refractivity contribution in [1.82, 2.24) is 10.6 Å². The molecule has 0 bridgehead atoms. The van der Waals surface area contributed by atoms with Gasteiger partial charge in [0.25, 0.3) is 0 Å². The minimum Gasteiger partial charge on any atom is -0.481 e. The number of nitrogens with two attached hydrogens (primary N) is 1. The first-order valence-electron chi connectivity index (χ1n) is 6.47. The van der Waals surface area contributed by atoms with Crippen LogP contribution in [0, 0.1) is 0 Å². The van der Waals surface area contributed by atoms with E-state index in [2.05, 4.69) is 10.6 Å². The summed E-state index contributed by atoms with van der Waals surface area (Å²) < 4.78 is 0. The number of carboxylic acid groups (broad SMARTS) is 1. The summed E-state index contributed by atoms with van der Waals surface area (Å²) in [5, 5.41) is 13.9. The molecule has 0 saturated heterocycles. The van der Waals surface area contributed by atoms with Gasteiger partial charge in [0.15, 0.2) is 0 Å². The Labute approximate surface area is 123 Å². The van der Waals surface area contributed by atoms with Gasteiger partial charge in [0.1, 0.15) is 6.04 Å². The van der Waals surface area contributed by atoms with Gasteiger partial charge in [-0.25, -0.2) is 4.79 Å². The second-order valence-electron chi connectivity index (χ2n) is 4.43. The van der Waals surface area contributed by atoms with Crippen molar-refractivity contribution in [3.63, 3.8) is 0 Å². The first-order chi connectivity index (χ1) is 9.40. The number of hydrogen-bond acceptors (Lipinski definition) is 4. The summed E-state index contributed by atoms with van der Waals surface area (Å²) in [6.45, 7) is 1.91. The molecule has 0 aliphatic rings. The van der Waals surface area contributed by atoms with Crippen LogP contribution in [0.4, 0.5) is 4.79 Å². The summed E-state index contributed by atoms with van der Waals surface area (Å²) in [5.41, 5.74) is 5.04. The Morgan fingerprint density at radius 2 is 1.90 bits per heavy atom. The third-order valence-electron chi connectivity index (χ3n) is 2.65. The summed E-state index contributed by atoms with van der Waals surface area (Å²) in [4.78, 5) is 33.7. The maximum absolute atomic E-state index is 12.1. The van der Waals surface area contributed by atoms with Gasteiger partial charge in [-0.15, -0.1) is 0 Å². The molecule has 5 N–H and O–H groups in total. The van der Waals surface area contributed by atoms with Gasteiger partial charge >= 0.3 is 12.0 Å². The number of amides is 3. The van der Waals surface area contributed by atoms with Crippen LogP contribution in [0.3, 0.4) is 0 Å². The second-order valence-corrected chi connectivity index (χ2v) is 5.42. The number of urea groups is 1. The number of aliphatic carboxylic acids is 1. The fourth-order valence-corrected chi connectivity index (χ4v) is 2.23. The van der Waals surface area contributed by atoms with Gasteiger partial charge in [-0.3, -0.25) is 9.59 Å². The molecule has 0 aliphatic heterocycles. The van der Waals surface area contributed by atoms with Crippen LogP contribution in [0.5, 0.6) is 0 Å². The molecule has 0 aromatic heterocycles. The summed E-state index contributed by atoms with van der Waals surface area (Å²) in [5.74, 6) is -0.666. The molecule has 0 aromatic rings. The Balaban J connectivity index is 4.58. The minimum atomic E-state index is -0.965. The number of nitrogens with one attached hydrogen (secondary N) is 2. The number of rotatable bonds is 10. The van der Waals surface area contributed by atoms with E-state index in [9.17, 15) is 14.4 Å². The molecule has 0 fully saturated rings. The molecule has 7 nitrogen and oxygen atoms in total. The van der Waals surface area contributed by atoms with Gasteiger partial charge < -0.3 is 21.5 Å². The molecule has 116 valence electrons. The van der Waals surface area contributed by atoms with Crippen LogP contribution in [0.15, 0.2) is 0 Å². The molecule has 20 heavy (non-hydrogen) atoms. The summed E-state index contributed by atoms with van der Waals surface area (Å²) >= 11 is 1.55. The number of primary amides is 1. The fraction of sp³-hybridized carbons (Fsp3) is 0.750. The zero-order chi connectivity index (χ0) is 15.5. The van der Waals surface area contributed by atoms with Crippen molar-refractivity contribution < 1.29 is 19.5 Å². The summed E-state index contributed by atoms with van der Waals surface area (Å²) in [7, 11) is 0. The highest BCUT2D eigenvalue weighted by molar-refractivity contribution is 7.98. The number of thioether (sulfide) groups is 1. The van der Waals surface area contributed by atoms with Gasteiger partial charge in [-0.05, 0) is 24.9 Å². The maximum atomic E-state index is 12.1. The lowest BCUT2D eigenvalue weighted by Gasteiger charge is -2.21. The van der Waals surface area contributed by atoms with E-state index in [0.717, 1.165) is 6.42 Å². The largest absolute Gasteiger partial charge is 0.481 e. The second kappa shape index (κ2) is 10.4. The molecule has 3 amide bonds. The van der Waals surface area contributed by atoms with Crippen molar-refractivity contribution in [3.05, 3.63) is 0 Å². The first-order valence-corrected chi connectivity index (χ1v) is 7.87. The monoisotopic (exact) mass is 305 g/mol. The van der Waals surface area contributed by atoms with E-state index in [1.807, 2.05) is 13.2 Å². The topological polar surface area (TPSA) is 122 Å². The molecule has 8 heteroatoms. The SMILES string of the molecule is CCCC(CC(=O)O)NC(=O)C(CCSC)NC(N)=O. The number of carbonyl (C=O) groups excluding carboxylic acids is 2. The lowest BCUT2D eigenvalue weighted by Crippen LogP contribution is -2.51. The third-order valence-corrected chi connectivity index (χ3v) is 3.29. The first kappa shape index (κ1) is 18.6. The highest BCUT2D eigenvalue weighted by Crippen LogP contribution is 2.05. The Hall–Kier alpha value is -1.44. The molecule has 0 heterocycles. The van der Waals surface area contributed by atoms with Crippen LogP contribution in [0.25, 0.3) is 0 Å². The molecule has 0 aromatic carbocycles. The van der Waals surface area contributed by atoms with E-state index in [0.29, 0.717) is 18.6 Å². The molecule has 2 unspecified atom stereocenters. The number of carbonyl (C=O) groups is 3. The van der Waals surface area contributed by atoms with Gasteiger partial charge in [0, 0.05) is 6.04 Å². The van der Waals surface area contributed by atoms with Gasteiger partial charge in [-0.2, -0.15) is 11.8 Å². The molecule has 0 radical (unpaired) electrons. The van der Waals surface area contributed by atoms with Crippen molar-refractivity contribution in [1.29, 1.82) is 0 Å². The number of hydrogen-bond donors (Lipinski definition) is 4.